The standard InChI is InChI=1S/C11H11F3N4S/c1-5-6(2)9(15-3)18-17-8(5)7-4-16-10(19-7)11(12,13)14/h4H,1-3H3,(H,15,18). The zero-order valence-corrected chi connectivity index (χ0v) is 11.3. The Hall–Kier alpha value is -1.70. The lowest BCUT2D eigenvalue weighted by Gasteiger charge is -2.09. The number of thiazole rings is 1. The molecular formula is C11H11F3N4S. The van der Waals surface area contributed by atoms with Gasteiger partial charge in [-0.2, -0.15) is 13.2 Å². The van der Waals surface area contributed by atoms with Gasteiger partial charge in [-0.3, -0.25) is 0 Å². The molecule has 0 aliphatic carbocycles. The highest BCUT2D eigenvalue weighted by Crippen LogP contribution is 2.37. The molecule has 4 nitrogen and oxygen atoms in total. The minimum absolute atomic E-state index is 0.364. The summed E-state index contributed by atoms with van der Waals surface area (Å²) in [4.78, 5) is 3.75. The molecule has 1 N–H and O–H groups in total. The maximum atomic E-state index is 12.5. The SMILES string of the molecule is CNc1nnc(-c2cnc(C(F)(F)F)s2)c(C)c1C. The maximum Gasteiger partial charge on any atom is 0.443 e. The fourth-order valence-electron chi connectivity index (χ4n) is 1.59. The van der Waals surface area contributed by atoms with Crippen LogP contribution in [0.4, 0.5) is 19.0 Å². The molecule has 0 atom stereocenters. The Labute approximate surface area is 111 Å². The molecule has 0 aliphatic rings. The van der Waals surface area contributed by atoms with E-state index in [1.165, 1.54) is 6.20 Å². The number of nitrogens with one attached hydrogen (secondary N) is 1. The van der Waals surface area contributed by atoms with E-state index in [4.69, 9.17) is 0 Å². The van der Waals surface area contributed by atoms with Crippen LogP contribution in [0, 0.1) is 13.8 Å². The molecule has 0 unspecified atom stereocenters. The molecule has 0 saturated heterocycles. The first-order chi connectivity index (χ1) is 8.84. The predicted molar refractivity (Wildman–Crippen MR) is 67.2 cm³/mol. The molecule has 0 aliphatic heterocycles. The van der Waals surface area contributed by atoms with Gasteiger partial charge < -0.3 is 5.32 Å². The van der Waals surface area contributed by atoms with E-state index in [1.54, 1.807) is 14.0 Å². The summed E-state index contributed by atoms with van der Waals surface area (Å²) >= 11 is 0.570. The van der Waals surface area contributed by atoms with Crippen molar-refractivity contribution < 1.29 is 13.2 Å². The normalized spacial score (nSPS) is 11.7. The minimum Gasteiger partial charge on any atom is -0.371 e. The van der Waals surface area contributed by atoms with Gasteiger partial charge in [-0.1, -0.05) is 0 Å². The number of nitrogens with zero attached hydrogens (tertiary/aromatic N) is 3. The van der Waals surface area contributed by atoms with Gasteiger partial charge in [0.05, 0.1) is 4.88 Å². The monoisotopic (exact) mass is 288 g/mol. The van der Waals surface area contributed by atoms with Gasteiger partial charge in [0, 0.05) is 13.2 Å². The summed E-state index contributed by atoms with van der Waals surface area (Å²) in [6.45, 7) is 3.64. The fourth-order valence-corrected chi connectivity index (χ4v) is 2.42. The van der Waals surface area contributed by atoms with Crippen LogP contribution < -0.4 is 5.32 Å². The van der Waals surface area contributed by atoms with Gasteiger partial charge >= 0.3 is 6.18 Å². The number of alkyl halides is 3. The summed E-state index contributed by atoms with van der Waals surface area (Å²) in [6, 6.07) is 0. The lowest BCUT2D eigenvalue weighted by molar-refractivity contribution is -0.137. The van der Waals surface area contributed by atoms with Gasteiger partial charge in [0.25, 0.3) is 0 Å². The third-order valence-electron chi connectivity index (χ3n) is 2.74. The van der Waals surface area contributed by atoms with Crippen LogP contribution >= 0.6 is 11.3 Å². The summed E-state index contributed by atoms with van der Waals surface area (Å²) in [5.41, 5.74) is 2.08. The second kappa shape index (κ2) is 4.76. The first-order valence-corrected chi connectivity index (χ1v) is 6.21. The highest BCUT2D eigenvalue weighted by molar-refractivity contribution is 7.15. The molecule has 8 heteroatoms. The number of hydrogen-bond donors (Lipinski definition) is 1. The van der Waals surface area contributed by atoms with Crippen molar-refractivity contribution in [2.75, 3.05) is 12.4 Å². The number of anilines is 1. The van der Waals surface area contributed by atoms with Crippen molar-refractivity contribution in [2.24, 2.45) is 0 Å². The van der Waals surface area contributed by atoms with Crippen LogP contribution in [0.25, 0.3) is 10.6 Å². The molecule has 0 amide bonds. The first-order valence-electron chi connectivity index (χ1n) is 5.39. The Balaban J connectivity index is 2.48. The van der Waals surface area contributed by atoms with E-state index in [-0.39, 0.29) is 0 Å². The zero-order chi connectivity index (χ0) is 14.2. The molecule has 0 radical (unpaired) electrons. The van der Waals surface area contributed by atoms with Crippen molar-refractivity contribution in [3.8, 4) is 10.6 Å². The molecule has 2 rings (SSSR count). The quantitative estimate of drug-likeness (QED) is 0.921. The summed E-state index contributed by atoms with van der Waals surface area (Å²) in [6.07, 6.45) is -3.24. The molecule has 0 bridgehead atoms. The van der Waals surface area contributed by atoms with Crippen LogP contribution in [-0.4, -0.2) is 22.2 Å². The van der Waals surface area contributed by atoms with E-state index in [2.05, 4.69) is 20.5 Å². The van der Waals surface area contributed by atoms with Crippen molar-refractivity contribution in [3.63, 3.8) is 0 Å². The molecule has 2 aromatic rings. The third kappa shape index (κ3) is 2.53. The van der Waals surface area contributed by atoms with E-state index < -0.39 is 11.2 Å². The Bertz CT molecular complexity index is 606. The highest BCUT2D eigenvalue weighted by atomic mass is 32.1. The zero-order valence-electron chi connectivity index (χ0n) is 10.5. The number of rotatable bonds is 2. The molecule has 0 aromatic carbocycles. The van der Waals surface area contributed by atoms with Crippen molar-refractivity contribution in [3.05, 3.63) is 22.3 Å². The smallest absolute Gasteiger partial charge is 0.371 e. The second-order valence-corrected chi connectivity index (χ2v) is 4.96. The molecular weight excluding hydrogens is 277 g/mol. The average molecular weight is 288 g/mol. The lowest BCUT2D eigenvalue weighted by Crippen LogP contribution is -2.03. The predicted octanol–water partition coefficient (Wildman–Crippen LogP) is 3.28. The van der Waals surface area contributed by atoms with Crippen LogP contribution in [0.5, 0.6) is 0 Å². The summed E-state index contributed by atoms with van der Waals surface area (Å²) in [5.74, 6) is 0.613. The van der Waals surface area contributed by atoms with Gasteiger partial charge in [0.2, 0.25) is 0 Å². The van der Waals surface area contributed by atoms with E-state index in [1.807, 2.05) is 6.92 Å². The molecule has 2 aromatic heterocycles. The highest BCUT2D eigenvalue weighted by Gasteiger charge is 2.35. The Morgan fingerprint density at radius 1 is 1.16 bits per heavy atom. The van der Waals surface area contributed by atoms with Gasteiger partial charge in [0.1, 0.15) is 5.69 Å². The average Bonchev–Trinajstić information content (AvgIpc) is 2.81. The minimum atomic E-state index is -4.43. The molecule has 0 saturated carbocycles. The third-order valence-corrected chi connectivity index (χ3v) is 3.79. The largest absolute Gasteiger partial charge is 0.443 e. The Morgan fingerprint density at radius 2 is 1.84 bits per heavy atom. The van der Waals surface area contributed by atoms with Gasteiger partial charge in [-0.15, -0.1) is 21.5 Å². The van der Waals surface area contributed by atoms with Crippen LogP contribution in [-0.2, 0) is 6.18 Å². The van der Waals surface area contributed by atoms with Gasteiger partial charge in [-0.25, -0.2) is 4.98 Å². The van der Waals surface area contributed by atoms with E-state index in [0.29, 0.717) is 27.7 Å². The van der Waals surface area contributed by atoms with Crippen molar-refractivity contribution >= 4 is 17.2 Å². The van der Waals surface area contributed by atoms with E-state index in [0.717, 1.165) is 11.1 Å². The Kier molecular flexibility index (Phi) is 3.44. The second-order valence-electron chi connectivity index (χ2n) is 3.92. The maximum absolute atomic E-state index is 12.5. The fraction of sp³-hybridized carbons (Fsp3) is 0.364. The van der Waals surface area contributed by atoms with Gasteiger partial charge in [-0.05, 0) is 25.0 Å². The summed E-state index contributed by atoms with van der Waals surface area (Å²) < 4.78 is 37.6. The Morgan fingerprint density at radius 3 is 2.37 bits per heavy atom. The van der Waals surface area contributed by atoms with Crippen LogP contribution in [0.1, 0.15) is 16.1 Å². The van der Waals surface area contributed by atoms with Crippen molar-refractivity contribution in [2.45, 2.75) is 20.0 Å². The molecule has 102 valence electrons. The molecule has 19 heavy (non-hydrogen) atoms. The van der Waals surface area contributed by atoms with E-state index in [9.17, 15) is 13.2 Å². The first kappa shape index (κ1) is 13.7. The summed E-state index contributed by atoms with van der Waals surface area (Å²) in [7, 11) is 1.71. The van der Waals surface area contributed by atoms with Crippen LogP contribution in [0.3, 0.4) is 0 Å². The van der Waals surface area contributed by atoms with Crippen LogP contribution in [0.15, 0.2) is 6.20 Å². The lowest BCUT2D eigenvalue weighted by atomic mass is 10.1. The van der Waals surface area contributed by atoms with Gasteiger partial charge in [0.15, 0.2) is 10.8 Å². The van der Waals surface area contributed by atoms with Crippen molar-refractivity contribution in [1.82, 2.24) is 15.2 Å². The number of halogens is 3. The molecule has 0 fully saturated rings. The molecule has 0 spiro atoms. The van der Waals surface area contributed by atoms with Crippen LogP contribution in [0.2, 0.25) is 0 Å². The number of aromatic nitrogens is 3. The number of hydrogen-bond acceptors (Lipinski definition) is 5. The van der Waals surface area contributed by atoms with Crippen molar-refractivity contribution in [1.29, 1.82) is 0 Å². The topological polar surface area (TPSA) is 50.7 Å². The summed E-state index contributed by atoms with van der Waals surface area (Å²) in [5, 5.41) is 9.91. The molecule has 2 heterocycles. The van der Waals surface area contributed by atoms with E-state index >= 15 is 0 Å².